The van der Waals surface area contributed by atoms with E-state index >= 15 is 0 Å². The molecule has 0 heterocycles. The molecule has 0 aromatic heterocycles. The molecule has 186 valence electrons. The summed E-state index contributed by atoms with van der Waals surface area (Å²) in [5.74, 6) is -2.86. The normalized spacial score (nSPS) is 9.03. The first-order chi connectivity index (χ1) is 14.5. The molecule has 0 fully saturated rings. The van der Waals surface area contributed by atoms with Crippen molar-refractivity contribution in [2.24, 2.45) is 0 Å². The summed E-state index contributed by atoms with van der Waals surface area (Å²) >= 11 is 0. The standard InChI is InChI=1S/3C7H14O2.C2H4O2/c3*1-2-3-4-5-6-7(8)9;1-2(3)4/h3*2-6H2,1H3,(H,8,9);1H3,(H,3,4). The van der Waals surface area contributed by atoms with Crippen LogP contribution in [0.4, 0.5) is 0 Å². The smallest absolute Gasteiger partial charge is 0.303 e. The van der Waals surface area contributed by atoms with Gasteiger partial charge in [-0.15, -0.1) is 0 Å². The molecule has 0 aliphatic heterocycles. The van der Waals surface area contributed by atoms with Crippen LogP contribution >= 0.6 is 0 Å². The number of unbranched alkanes of at least 4 members (excludes halogenated alkanes) is 9. The molecular formula is C23H46O8. The van der Waals surface area contributed by atoms with Crippen LogP contribution in [0.3, 0.4) is 0 Å². The van der Waals surface area contributed by atoms with Gasteiger partial charge in [0, 0.05) is 26.2 Å². The second-order valence-corrected chi connectivity index (χ2v) is 7.13. The van der Waals surface area contributed by atoms with E-state index in [1.54, 1.807) is 0 Å². The number of aliphatic carboxylic acids is 4. The SMILES string of the molecule is CC(=O)O.CCCCCCC(=O)O.CCCCCCC(=O)O.CCCCCCC(=O)O. The monoisotopic (exact) mass is 450 g/mol. The lowest BCUT2D eigenvalue weighted by Gasteiger charge is -1.92. The molecule has 0 spiro atoms. The predicted molar refractivity (Wildman–Crippen MR) is 122 cm³/mol. The Hall–Kier alpha value is -2.12. The van der Waals surface area contributed by atoms with Gasteiger partial charge in [0.25, 0.3) is 5.97 Å². The number of carboxylic acid groups (broad SMARTS) is 4. The van der Waals surface area contributed by atoms with Crippen molar-refractivity contribution in [1.29, 1.82) is 0 Å². The van der Waals surface area contributed by atoms with Crippen LogP contribution in [0, 0.1) is 0 Å². The third-order valence-corrected chi connectivity index (χ3v) is 3.73. The van der Waals surface area contributed by atoms with Gasteiger partial charge in [-0.3, -0.25) is 19.2 Å². The van der Waals surface area contributed by atoms with Crippen LogP contribution in [0.1, 0.15) is 124 Å². The van der Waals surface area contributed by atoms with Crippen molar-refractivity contribution in [3.8, 4) is 0 Å². The Morgan fingerprint density at radius 1 is 0.452 bits per heavy atom. The predicted octanol–water partition coefficient (Wildman–Crippen LogP) is 6.22. The van der Waals surface area contributed by atoms with Gasteiger partial charge in [-0.2, -0.15) is 0 Å². The zero-order valence-corrected chi connectivity index (χ0v) is 20.0. The maximum Gasteiger partial charge on any atom is 0.303 e. The van der Waals surface area contributed by atoms with E-state index in [9.17, 15) is 14.4 Å². The highest BCUT2D eigenvalue weighted by Gasteiger charge is 1.95. The number of carbonyl (C=O) groups is 4. The molecule has 0 amide bonds. The Morgan fingerprint density at radius 2 is 0.645 bits per heavy atom. The maximum atomic E-state index is 9.96. The summed E-state index contributed by atoms with van der Waals surface area (Å²) in [5.41, 5.74) is 0. The summed E-state index contributed by atoms with van der Waals surface area (Å²) in [4.78, 5) is 38.9. The summed E-state index contributed by atoms with van der Waals surface area (Å²) in [6.07, 6.45) is 13.7. The summed E-state index contributed by atoms with van der Waals surface area (Å²) in [6.45, 7) is 7.42. The largest absolute Gasteiger partial charge is 0.481 e. The van der Waals surface area contributed by atoms with Gasteiger partial charge in [0.1, 0.15) is 0 Å². The quantitative estimate of drug-likeness (QED) is 0.215. The van der Waals surface area contributed by atoms with E-state index < -0.39 is 23.9 Å². The lowest BCUT2D eigenvalue weighted by molar-refractivity contribution is -0.138. The molecule has 0 aromatic carbocycles. The van der Waals surface area contributed by atoms with Crippen molar-refractivity contribution < 1.29 is 39.6 Å². The minimum atomic E-state index is -0.833. The zero-order valence-electron chi connectivity index (χ0n) is 20.0. The second-order valence-electron chi connectivity index (χ2n) is 7.13. The zero-order chi connectivity index (χ0) is 24.9. The van der Waals surface area contributed by atoms with Gasteiger partial charge in [-0.25, -0.2) is 0 Å². The summed E-state index contributed by atoms with van der Waals surface area (Å²) < 4.78 is 0. The molecule has 8 nitrogen and oxygen atoms in total. The molecule has 0 aliphatic rings. The first kappa shape index (κ1) is 36.3. The Bertz CT molecular complexity index is 365. The van der Waals surface area contributed by atoms with Crippen molar-refractivity contribution in [3.63, 3.8) is 0 Å². The number of hydrogen-bond donors (Lipinski definition) is 4. The van der Waals surface area contributed by atoms with E-state index in [-0.39, 0.29) is 0 Å². The fraction of sp³-hybridized carbons (Fsp3) is 0.826. The topological polar surface area (TPSA) is 149 Å². The van der Waals surface area contributed by atoms with Crippen LogP contribution < -0.4 is 0 Å². The number of carboxylic acids is 4. The highest BCUT2D eigenvalue weighted by molar-refractivity contribution is 5.67. The molecule has 0 unspecified atom stereocenters. The first-order valence-electron chi connectivity index (χ1n) is 11.4. The van der Waals surface area contributed by atoms with Gasteiger partial charge in [0.15, 0.2) is 0 Å². The van der Waals surface area contributed by atoms with Crippen molar-refractivity contribution in [3.05, 3.63) is 0 Å². The molecule has 0 rings (SSSR count). The fourth-order valence-electron chi connectivity index (χ4n) is 2.11. The molecule has 0 atom stereocenters. The van der Waals surface area contributed by atoms with Crippen LogP contribution in [0.25, 0.3) is 0 Å². The maximum absolute atomic E-state index is 9.96. The lowest BCUT2D eigenvalue weighted by atomic mass is 10.2. The molecule has 0 saturated carbocycles. The van der Waals surface area contributed by atoms with Crippen LogP contribution in [0.5, 0.6) is 0 Å². The molecule has 0 bridgehead atoms. The third kappa shape index (κ3) is 74.0. The van der Waals surface area contributed by atoms with Crippen molar-refractivity contribution in [2.75, 3.05) is 0 Å². The second kappa shape index (κ2) is 32.5. The Balaban J connectivity index is -0.000000162. The van der Waals surface area contributed by atoms with Gasteiger partial charge in [0.05, 0.1) is 0 Å². The highest BCUT2D eigenvalue weighted by Crippen LogP contribution is 2.02. The Morgan fingerprint density at radius 3 is 0.774 bits per heavy atom. The highest BCUT2D eigenvalue weighted by atomic mass is 16.4. The number of hydrogen-bond acceptors (Lipinski definition) is 4. The minimum absolute atomic E-state index is 0.333. The molecule has 8 heteroatoms. The lowest BCUT2D eigenvalue weighted by Crippen LogP contribution is -1.92. The number of rotatable bonds is 15. The average molecular weight is 451 g/mol. The van der Waals surface area contributed by atoms with Crippen molar-refractivity contribution in [1.82, 2.24) is 0 Å². The average Bonchev–Trinajstić information content (AvgIpc) is 2.66. The van der Waals surface area contributed by atoms with E-state index in [0.717, 1.165) is 64.7 Å². The third-order valence-electron chi connectivity index (χ3n) is 3.73. The van der Waals surface area contributed by atoms with Gasteiger partial charge < -0.3 is 20.4 Å². The fourth-order valence-corrected chi connectivity index (χ4v) is 2.11. The summed E-state index contributed by atoms with van der Waals surface area (Å²) in [7, 11) is 0. The minimum Gasteiger partial charge on any atom is -0.481 e. The molecule has 0 saturated heterocycles. The van der Waals surface area contributed by atoms with Crippen LogP contribution in [0.15, 0.2) is 0 Å². The van der Waals surface area contributed by atoms with E-state index in [4.69, 9.17) is 25.2 Å². The molecular weight excluding hydrogens is 404 g/mol. The summed E-state index contributed by atoms with van der Waals surface area (Å²) in [6, 6.07) is 0. The summed E-state index contributed by atoms with van der Waals surface area (Å²) in [5, 5.41) is 32.1. The van der Waals surface area contributed by atoms with E-state index in [1.165, 1.54) is 19.3 Å². The van der Waals surface area contributed by atoms with E-state index in [1.807, 2.05) is 0 Å². The van der Waals surface area contributed by atoms with Crippen LogP contribution in [-0.4, -0.2) is 44.3 Å². The Kier molecular flexibility index (Phi) is 38.1. The molecule has 0 aliphatic carbocycles. The van der Waals surface area contributed by atoms with Gasteiger partial charge in [0.2, 0.25) is 0 Å². The van der Waals surface area contributed by atoms with Crippen molar-refractivity contribution >= 4 is 23.9 Å². The molecule has 4 N–H and O–H groups in total. The van der Waals surface area contributed by atoms with E-state index in [0.29, 0.717) is 19.3 Å². The molecule has 31 heavy (non-hydrogen) atoms. The van der Waals surface area contributed by atoms with Crippen molar-refractivity contribution in [2.45, 2.75) is 124 Å². The van der Waals surface area contributed by atoms with Crippen LogP contribution in [0.2, 0.25) is 0 Å². The van der Waals surface area contributed by atoms with Gasteiger partial charge in [-0.1, -0.05) is 78.6 Å². The molecule has 0 aromatic rings. The molecule has 0 radical (unpaired) electrons. The van der Waals surface area contributed by atoms with E-state index in [2.05, 4.69) is 20.8 Å². The van der Waals surface area contributed by atoms with Gasteiger partial charge >= 0.3 is 17.9 Å². The Labute approximate surface area is 188 Å². The first-order valence-corrected chi connectivity index (χ1v) is 11.4. The van der Waals surface area contributed by atoms with Gasteiger partial charge in [-0.05, 0) is 19.3 Å². The van der Waals surface area contributed by atoms with Crippen LogP contribution in [-0.2, 0) is 19.2 Å².